The number of nitrogens with zero attached hydrogens (tertiary/aromatic N) is 2. The predicted octanol–water partition coefficient (Wildman–Crippen LogP) is 6.43. The van der Waals surface area contributed by atoms with Crippen molar-refractivity contribution >= 4 is 11.8 Å². The average molecular weight is 421 g/mol. The Kier molecular flexibility index (Phi) is 8.82. The third-order valence-electron chi connectivity index (χ3n) is 4.58. The van der Waals surface area contributed by atoms with Crippen molar-refractivity contribution in [2.45, 2.75) is 37.5 Å². The molecule has 152 valence electrons. The molecule has 0 amide bonds. The fraction of sp³-hybridized carbons (Fsp3) is 0.214. The number of pyridine rings is 1. The Bertz CT molecular complexity index is 1130. The number of thioether (sulfide) groups is 1. The van der Waals surface area contributed by atoms with E-state index >= 15 is 0 Å². The number of hydrogen-bond acceptors (Lipinski definition) is 3. The molecule has 0 saturated heterocycles. The zero-order valence-electron chi connectivity index (χ0n) is 17.7. The molecule has 31 heavy (non-hydrogen) atoms. The van der Waals surface area contributed by atoms with Gasteiger partial charge in [0.25, 0.3) is 0 Å². The molecule has 2 aromatic carbocycles. The van der Waals surface area contributed by atoms with E-state index in [1.807, 2.05) is 36.0 Å². The van der Waals surface area contributed by atoms with Gasteiger partial charge in [-0.15, -0.1) is 11.8 Å². The highest BCUT2D eigenvalue weighted by Crippen LogP contribution is 2.20. The van der Waals surface area contributed by atoms with Crippen LogP contribution in [-0.4, -0.2) is 10.7 Å². The summed E-state index contributed by atoms with van der Waals surface area (Å²) in [5.41, 5.74) is 4.03. The maximum atomic E-state index is 8.84. The van der Waals surface area contributed by atoms with E-state index in [2.05, 4.69) is 65.9 Å². The van der Waals surface area contributed by atoms with Crippen LogP contribution in [0.3, 0.4) is 0 Å². The summed E-state index contributed by atoms with van der Waals surface area (Å²) in [4.78, 5) is 5.68. The lowest BCUT2D eigenvalue weighted by Crippen LogP contribution is -1.84. The molecular formula is C28H24N2S. The molecule has 1 aromatic heterocycles. The summed E-state index contributed by atoms with van der Waals surface area (Å²) in [7, 11) is 0. The van der Waals surface area contributed by atoms with E-state index < -0.39 is 0 Å². The van der Waals surface area contributed by atoms with Gasteiger partial charge < -0.3 is 0 Å². The first-order valence-corrected chi connectivity index (χ1v) is 11.5. The lowest BCUT2D eigenvalue weighted by Gasteiger charge is -2.01. The quantitative estimate of drug-likeness (QED) is 0.262. The molecule has 3 aromatic rings. The van der Waals surface area contributed by atoms with Crippen molar-refractivity contribution in [2.75, 3.05) is 5.75 Å². The van der Waals surface area contributed by atoms with Gasteiger partial charge >= 0.3 is 0 Å². The maximum Gasteiger partial charge on any atom is 0.113 e. The number of nitriles is 1. The lowest BCUT2D eigenvalue weighted by atomic mass is 10.1. The van der Waals surface area contributed by atoms with Crippen LogP contribution < -0.4 is 0 Å². The first-order valence-electron chi connectivity index (χ1n) is 10.5. The molecule has 1 heterocycles. The third-order valence-corrected chi connectivity index (χ3v) is 5.68. The van der Waals surface area contributed by atoms with Gasteiger partial charge in [-0.1, -0.05) is 43.9 Å². The van der Waals surface area contributed by atoms with Gasteiger partial charge in [0.05, 0.1) is 11.6 Å². The van der Waals surface area contributed by atoms with Gasteiger partial charge in [0.1, 0.15) is 5.69 Å². The number of benzene rings is 2. The highest BCUT2D eigenvalue weighted by Gasteiger charge is 1.96. The molecule has 0 N–H and O–H groups in total. The second kappa shape index (κ2) is 12.3. The van der Waals surface area contributed by atoms with Gasteiger partial charge in [-0.05, 0) is 78.8 Å². The average Bonchev–Trinajstić information content (AvgIpc) is 2.83. The van der Waals surface area contributed by atoms with Crippen LogP contribution in [0.4, 0.5) is 0 Å². The first kappa shape index (κ1) is 22.2. The minimum atomic E-state index is 0.627. The Morgan fingerprint density at radius 3 is 1.97 bits per heavy atom. The minimum Gasteiger partial charge on any atom is -0.246 e. The summed E-state index contributed by atoms with van der Waals surface area (Å²) in [5, 5.41) is 8.84. The van der Waals surface area contributed by atoms with Crippen LogP contribution in [0.1, 0.15) is 60.6 Å². The van der Waals surface area contributed by atoms with Crippen LogP contribution in [0, 0.1) is 35.0 Å². The zero-order chi connectivity index (χ0) is 21.7. The van der Waals surface area contributed by atoms with Crippen LogP contribution in [0.25, 0.3) is 0 Å². The first-order chi connectivity index (χ1) is 15.3. The standard InChI is InChI=1S/C28H24N2S/c1-2-3-4-5-20-31-28-18-14-24(15-19-28)8-11-26-13-17-27(30-22-26)16-12-23-6-9-25(21-29)10-7-23/h6-7,9-10,13-15,17-19,22H,2-5,20H2,1H3. The Balaban J connectivity index is 1.54. The van der Waals surface area contributed by atoms with Crippen LogP contribution in [0.15, 0.2) is 71.8 Å². The van der Waals surface area contributed by atoms with Crippen molar-refractivity contribution in [3.63, 3.8) is 0 Å². The predicted molar refractivity (Wildman–Crippen MR) is 129 cm³/mol. The van der Waals surface area contributed by atoms with Crippen molar-refractivity contribution < 1.29 is 0 Å². The van der Waals surface area contributed by atoms with E-state index in [9.17, 15) is 0 Å². The Morgan fingerprint density at radius 2 is 1.32 bits per heavy atom. The molecule has 0 bridgehead atoms. The topological polar surface area (TPSA) is 36.7 Å². The van der Waals surface area contributed by atoms with Gasteiger partial charge in [0.2, 0.25) is 0 Å². The van der Waals surface area contributed by atoms with Gasteiger partial charge in [0, 0.05) is 27.8 Å². The fourth-order valence-electron chi connectivity index (χ4n) is 2.80. The van der Waals surface area contributed by atoms with Crippen LogP contribution >= 0.6 is 11.8 Å². The second-order valence-corrected chi connectivity index (χ2v) is 8.22. The monoisotopic (exact) mass is 420 g/mol. The molecule has 0 atom stereocenters. The molecule has 0 aliphatic rings. The molecule has 0 saturated carbocycles. The summed E-state index contributed by atoms with van der Waals surface area (Å²) in [6.45, 7) is 2.24. The Morgan fingerprint density at radius 1 is 0.710 bits per heavy atom. The van der Waals surface area contributed by atoms with E-state index in [1.54, 1.807) is 18.3 Å². The van der Waals surface area contributed by atoms with Crippen molar-refractivity contribution in [1.82, 2.24) is 4.98 Å². The SMILES string of the molecule is CCCCCCSc1ccc(C#Cc2ccc(C#Cc3ccc(C#N)cc3)nc2)cc1. The summed E-state index contributed by atoms with van der Waals surface area (Å²) in [6.07, 6.45) is 6.95. The van der Waals surface area contributed by atoms with E-state index in [-0.39, 0.29) is 0 Å². The van der Waals surface area contributed by atoms with Crippen molar-refractivity contribution in [1.29, 1.82) is 5.26 Å². The molecule has 0 aliphatic carbocycles. The second-order valence-electron chi connectivity index (χ2n) is 7.05. The molecule has 3 rings (SSSR count). The lowest BCUT2D eigenvalue weighted by molar-refractivity contribution is 0.706. The summed E-state index contributed by atoms with van der Waals surface area (Å²) in [6, 6.07) is 21.5. The summed E-state index contributed by atoms with van der Waals surface area (Å²) < 4.78 is 0. The number of aromatic nitrogens is 1. The summed E-state index contributed by atoms with van der Waals surface area (Å²) >= 11 is 1.92. The zero-order valence-corrected chi connectivity index (χ0v) is 18.5. The van der Waals surface area contributed by atoms with Crippen molar-refractivity contribution in [3.05, 3.63) is 94.8 Å². The molecule has 0 radical (unpaired) electrons. The van der Waals surface area contributed by atoms with Crippen molar-refractivity contribution in [2.24, 2.45) is 0 Å². The van der Waals surface area contributed by atoms with Gasteiger partial charge in [-0.2, -0.15) is 5.26 Å². The summed E-state index contributed by atoms with van der Waals surface area (Å²) in [5.74, 6) is 13.6. The highest BCUT2D eigenvalue weighted by molar-refractivity contribution is 7.99. The van der Waals surface area contributed by atoms with Gasteiger partial charge in [-0.3, -0.25) is 0 Å². The van der Waals surface area contributed by atoms with E-state index in [4.69, 9.17) is 5.26 Å². The largest absolute Gasteiger partial charge is 0.246 e. The maximum absolute atomic E-state index is 8.84. The molecule has 0 aliphatic heterocycles. The smallest absolute Gasteiger partial charge is 0.113 e. The van der Waals surface area contributed by atoms with E-state index in [0.29, 0.717) is 11.3 Å². The van der Waals surface area contributed by atoms with Gasteiger partial charge in [0.15, 0.2) is 0 Å². The highest BCUT2D eigenvalue weighted by atomic mass is 32.2. The number of rotatable bonds is 6. The number of hydrogen-bond donors (Lipinski definition) is 0. The molecular weight excluding hydrogens is 396 g/mol. The molecule has 0 unspecified atom stereocenters. The molecule has 2 nitrogen and oxygen atoms in total. The third kappa shape index (κ3) is 7.71. The molecule has 0 spiro atoms. The Labute approximate surface area is 189 Å². The Hall–Kier alpha value is -3.45. The minimum absolute atomic E-state index is 0.627. The number of unbranched alkanes of at least 4 members (excludes halogenated alkanes) is 3. The van der Waals surface area contributed by atoms with E-state index in [0.717, 1.165) is 16.7 Å². The van der Waals surface area contributed by atoms with Crippen LogP contribution in [0.5, 0.6) is 0 Å². The van der Waals surface area contributed by atoms with Gasteiger partial charge in [-0.25, -0.2) is 4.98 Å². The van der Waals surface area contributed by atoms with E-state index in [1.165, 1.54) is 36.3 Å². The normalized spacial score (nSPS) is 9.68. The van der Waals surface area contributed by atoms with Crippen molar-refractivity contribution in [3.8, 4) is 29.8 Å². The fourth-order valence-corrected chi connectivity index (χ4v) is 3.72. The van der Waals surface area contributed by atoms with Crippen LogP contribution in [0.2, 0.25) is 0 Å². The molecule has 0 fully saturated rings. The van der Waals surface area contributed by atoms with Crippen LogP contribution in [-0.2, 0) is 0 Å². The molecule has 3 heteroatoms.